The van der Waals surface area contributed by atoms with Crippen molar-refractivity contribution in [2.45, 2.75) is 33.3 Å². The minimum absolute atomic E-state index is 0.296. The Hall–Kier alpha value is -1.38. The topological polar surface area (TPSA) is 38.5 Å². The van der Waals surface area contributed by atoms with Crippen molar-refractivity contribution in [2.75, 3.05) is 23.7 Å². The maximum Gasteiger partial charge on any atom is 0.143 e. The molecular weight excluding hydrogens is 212 g/mol. The van der Waals surface area contributed by atoms with Crippen LogP contribution in [-0.4, -0.2) is 19.2 Å². The van der Waals surface area contributed by atoms with Gasteiger partial charge in [0.05, 0.1) is 12.2 Å². The Labute approximate surface area is 104 Å². The summed E-state index contributed by atoms with van der Waals surface area (Å²) in [6.07, 6.45) is 1.34. The summed E-state index contributed by atoms with van der Waals surface area (Å²) in [4.78, 5) is 2.40. The molecule has 3 nitrogen and oxygen atoms in total. The first-order valence-corrected chi connectivity index (χ1v) is 6.41. The van der Waals surface area contributed by atoms with Crippen LogP contribution in [0.3, 0.4) is 0 Å². The number of nitrogens with two attached hydrogens (primary N) is 1. The Balaban J connectivity index is 2.30. The lowest BCUT2D eigenvalue weighted by atomic mass is 10.1. The third-order valence-electron chi connectivity index (χ3n) is 3.08. The van der Waals surface area contributed by atoms with Crippen molar-refractivity contribution in [3.63, 3.8) is 0 Å². The molecule has 0 radical (unpaired) electrons. The molecule has 0 aromatic heterocycles. The maximum absolute atomic E-state index is 5.95. The molecule has 0 spiro atoms. The fraction of sp³-hybridized carbons (Fsp3) is 0.571. The van der Waals surface area contributed by atoms with Crippen LogP contribution in [0.1, 0.15) is 27.2 Å². The molecule has 17 heavy (non-hydrogen) atoms. The van der Waals surface area contributed by atoms with E-state index in [9.17, 15) is 0 Å². The molecule has 0 saturated carbocycles. The zero-order valence-electron chi connectivity index (χ0n) is 10.9. The monoisotopic (exact) mass is 234 g/mol. The molecule has 2 N–H and O–H groups in total. The number of rotatable bonds is 3. The molecule has 1 aliphatic rings. The number of ether oxygens (including phenoxy) is 1. The first-order chi connectivity index (χ1) is 8.10. The van der Waals surface area contributed by atoms with Crippen LogP contribution in [0.25, 0.3) is 0 Å². The molecule has 3 heteroatoms. The number of anilines is 2. The van der Waals surface area contributed by atoms with E-state index in [0.29, 0.717) is 12.0 Å². The average Bonchev–Trinajstić information content (AvgIpc) is 2.28. The van der Waals surface area contributed by atoms with E-state index >= 15 is 0 Å². The standard InChI is InChI=1S/C14H22N2O/c1-4-12-9-16(8-10(2)3)13-7-11(15)5-6-14(13)17-12/h5-7,10,12H,4,8-9,15H2,1-3H3. The Bertz CT molecular complexity index is 390. The summed E-state index contributed by atoms with van der Waals surface area (Å²) in [6.45, 7) is 8.66. The van der Waals surface area contributed by atoms with Gasteiger partial charge >= 0.3 is 0 Å². The summed E-state index contributed by atoms with van der Waals surface area (Å²) in [7, 11) is 0. The van der Waals surface area contributed by atoms with Gasteiger partial charge in [-0.05, 0) is 30.5 Å². The SMILES string of the molecule is CCC1CN(CC(C)C)c2cc(N)ccc2O1. The summed E-state index contributed by atoms with van der Waals surface area (Å²) in [5.41, 5.74) is 7.80. The van der Waals surface area contributed by atoms with Gasteiger partial charge in [-0.3, -0.25) is 0 Å². The van der Waals surface area contributed by atoms with Crippen molar-refractivity contribution in [3.05, 3.63) is 18.2 Å². The van der Waals surface area contributed by atoms with Gasteiger partial charge in [0, 0.05) is 12.2 Å². The van der Waals surface area contributed by atoms with Crippen LogP contribution in [0.5, 0.6) is 5.75 Å². The molecule has 0 saturated heterocycles. The van der Waals surface area contributed by atoms with Crippen molar-refractivity contribution < 1.29 is 4.74 Å². The van der Waals surface area contributed by atoms with Crippen LogP contribution < -0.4 is 15.4 Å². The summed E-state index contributed by atoms with van der Waals surface area (Å²) in [6, 6.07) is 5.91. The number of hydrogen-bond donors (Lipinski definition) is 1. The predicted octanol–water partition coefficient (Wildman–Crippen LogP) is 2.90. The van der Waals surface area contributed by atoms with Crippen LogP contribution in [0, 0.1) is 5.92 Å². The van der Waals surface area contributed by atoms with E-state index in [4.69, 9.17) is 10.5 Å². The second kappa shape index (κ2) is 4.86. The van der Waals surface area contributed by atoms with Crippen LogP contribution in [-0.2, 0) is 0 Å². The molecule has 0 aliphatic carbocycles. The smallest absolute Gasteiger partial charge is 0.143 e. The van der Waals surface area contributed by atoms with Gasteiger partial charge in [0.15, 0.2) is 0 Å². The lowest BCUT2D eigenvalue weighted by Crippen LogP contribution is -2.41. The second-order valence-electron chi connectivity index (χ2n) is 5.17. The third-order valence-corrected chi connectivity index (χ3v) is 3.08. The fourth-order valence-corrected chi connectivity index (χ4v) is 2.27. The van der Waals surface area contributed by atoms with Gasteiger partial charge in [0.2, 0.25) is 0 Å². The summed E-state index contributed by atoms with van der Waals surface area (Å²) >= 11 is 0. The van der Waals surface area contributed by atoms with E-state index < -0.39 is 0 Å². The molecule has 1 aromatic rings. The van der Waals surface area contributed by atoms with Gasteiger partial charge < -0.3 is 15.4 Å². The molecular formula is C14H22N2O. The van der Waals surface area contributed by atoms with Crippen molar-refractivity contribution in [3.8, 4) is 5.75 Å². The van der Waals surface area contributed by atoms with Crippen LogP contribution in [0.4, 0.5) is 11.4 Å². The molecule has 2 rings (SSSR count). The molecule has 0 bridgehead atoms. The average molecular weight is 234 g/mol. The largest absolute Gasteiger partial charge is 0.486 e. The van der Waals surface area contributed by atoms with Gasteiger partial charge in [0.25, 0.3) is 0 Å². The van der Waals surface area contributed by atoms with E-state index in [-0.39, 0.29) is 0 Å². The van der Waals surface area contributed by atoms with Crippen LogP contribution in [0.15, 0.2) is 18.2 Å². The van der Waals surface area contributed by atoms with Gasteiger partial charge in [-0.25, -0.2) is 0 Å². The molecule has 1 atom stereocenters. The fourth-order valence-electron chi connectivity index (χ4n) is 2.27. The quantitative estimate of drug-likeness (QED) is 0.817. The number of nitrogen functional groups attached to an aromatic ring is 1. The normalized spacial score (nSPS) is 19.1. The third kappa shape index (κ3) is 2.65. The first kappa shape index (κ1) is 12.1. The van der Waals surface area contributed by atoms with E-state index in [1.165, 1.54) is 0 Å². The second-order valence-corrected chi connectivity index (χ2v) is 5.17. The molecule has 0 fully saturated rings. The van der Waals surface area contributed by atoms with Gasteiger partial charge in [-0.1, -0.05) is 20.8 Å². The van der Waals surface area contributed by atoms with E-state index in [0.717, 1.165) is 36.6 Å². The summed E-state index contributed by atoms with van der Waals surface area (Å²) in [5.74, 6) is 1.61. The lowest BCUT2D eigenvalue weighted by molar-refractivity contribution is 0.188. The van der Waals surface area contributed by atoms with E-state index in [2.05, 4.69) is 25.7 Å². The number of nitrogens with zero attached hydrogens (tertiary/aromatic N) is 1. The molecule has 0 amide bonds. The van der Waals surface area contributed by atoms with Gasteiger partial charge in [0.1, 0.15) is 11.9 Å². The maximum atomic E-state index is 5.95. The number of fused-ring (bicyclic) bond motifs is 1. The van der Waals surface area contributed by atoms with E-state index in [1.54, 1.807) is 0 Å². The highest BCUT2D eigenvalue weighted by molar-refractivity contribution is 5.66. The Morgan fingerprint density at radius 3 is 2.88 bits per heavy atom. The van der Waals surface area contributed by atoms with Crippen molar-refractivity contribution >= 4 is 11.4 Å². The summed E-state index contributed by atoms with van der Waals surface area (Å²) < 4.78 is 5.95. The van der Waals surface area contributed by atoms with Crippen LogP contribution >= 0.6 is 0 Å². The molecule has 1 aromatic carbocycles. The van der Waals surface area contributed by atoms with Crippen molar-refractivity contribution in [1.82, 2.24) is 0 Å². The predicted molar refractivity (Wildman–Crippen MR) is 72.6 cm³/mol. The number of hydrogen-bond acceptors (Lipinski definition) is 3. The zero-order valence-corrected chi connectivity index (χ0v) is 10.9. The summed E-state index contributed by atoms with van der Waals surface area (Å²) in [5, 5.41) is 0. The highest BCUT2D eigenvalue weighted by atomic mass is 16.5. The molecule has 1 aliphatic heterocycles. The van der Waals surface area contributed by atoms with Gasteiger partial charge in [-0.2, -0.15) is 0 Å². The van der Waals surface area contributed by atoms with Crippen LogP contribution in [0.2, 0.25) is 0 Å². The first-order valence-electron chi connectivity index (χ1n) is 6.41. The van der Waals surface area contributed by atoms with Gasteiger partial charge in [-0.15, -0.1) is 0 Å². The minimum atomic E-state index is 0.296. The molecule has 1 unspecified atom stereocenters. The van der Waals surface area contributed by atoms with E-state index in [1.807, 2.05) is 18.2 Å². The number of benzene rings is 1. The Kier molecular flexibility index (Phi) is 3.46. The minimum Gasteiger partial charge on any atom is -0.486 e. The zero-order chi connectivity index (χ0) is 12.4. The van der Waals surface area contributed by atoms with Crippen molar-refractivity contribution in [1.29, 1.82) is 0 Å². The lowest BCUT2D eigenvalue weighted by Gasteiger charge is -2.37. The molecule has 94 valence electrons. The highest BCUT2D eigenvalue weighted by Crippen LogP contribution is 2.35. The molecule has 1 heterocycles. The highest BCUT2D eigenvalue weighted by Gasteiger charge is 2.24. The van der Waals surface area contributed by atoms with Crippen molar-refractivity contribution in [2.24, 2.45) is 5.92 Å². The Morgan fingerprint density at radius 2 is 2.24 bits per heavy atom. The Morgan fingerprint density at radius 1 is 1.47 bits per heavy atom.